The molecule has 0 spiro atoms. The molecule has 0 aliphatic carbocycles. The van der Waals surface area contributed by atoms with Gasteiger partial charge in [0, 0.05) is 31.4 Å². The zero-order chi connectivity index (χ0) is 19.2. The first kappa shape index (κ1) is 18.6. The third-order valence-corrected chi connectivity index (χ3v) is 4.45. The summed E-state index contributed by atoms with van der Waals surface area (Å²) < 4.78 is 21.1. The van der Waals surface area contributed by atoms with E-state index in [-0.39, 0.29) is 18.1 Å². The van der Waals surface area contributed by atoms with E-state index in [0.29, 0.717) is 23.6 Å². The quantitative estimate of drug-likeness (QED) is 0.696. The molecule has 1 unspecified atom stereocenters. The molecule has 2 aromatic carbocycles. The second-order valence-corrected chi connectivity index (χ2v) is 6.23. The van der Waals surface area contributed by atoms with Gasteiger partial charge in [0.2, 0.25) is 5.91 Å². The third kappa shape index (κ3) is 4.34. The van der Waals surface area contributed by atoms with Crippen LogP contribution in [-0.2, 0) is 18.3 Å². The number of nitrogens with zero attached hydrogens (tertiary/aromatic N) is 2. The summed E-state index contributed by atoms with van der Waals surface area (Å²) in [6.07, 6.45) is 4.02. The number of hydrogen-bond acceptors (Lipinski definition) is 3. The molecule has 1 amide bonds. The molecule has 140 valence electrons. The Kier molecular flexibility index (Phi) is 5.86. The van der Waals surface area contributed by atoms with Crippen molar-refractivity contribution in [2.24, 2.45) is 7.05 Å². The number of benzene rings is 2. The van der Waals surface area contributed by atoms with E-state index in [1.165, 1.54) is 6.07 Å². The minimum Gasteiger partial charge on any atom is -0.496 e. The van der Waals surface area contributed by atoms with Gasteiger partial charge >= 0.3 is 0 Å². The molecule has 3 aromatic rings. The van der Waals surface area contributed by atoms with Crippen LogP contribution >= 0.6 is 0 Å². The van der Waals surface area contributed by atoms with Crippen LogP contribution in [0.4, 0.5) is 4.39 Å². The van der Waals surface area contributed by atoms with Gasteiger partial charge in [-0.15, -0.1) is 0 Å². The number of nitrogens with one attached hydrogen (secondary N) is 1. The van der Waals surface area contributed by atoms with Gasteiger partial charge in [-0.2, -0.15) is 0 Å². The third-order valence-electron chi connectivity index (χ3n) is 4.45. The highest BCUT2D eigenvalue weighted by atomic mass is 19.1. The van der Waals surface area contributed by atoms with E-state index in [4.69, 9.17) is 4.74 Å². The van der Waals surface area contributed by atoms with E-state index in [9.17, 15) is 9.18 Å². The van der Waals surface area contributed by atoms with Crippen LogP contribution in [0.3, 0.4) is 0 Å². The van der Waals surface area contributed by atoms with E-state index in [0.717, 1.165) is 5.56 Å². The van der Waals surface area contributed by atoms with Gasteiger partial charge in [0.25, 0.3) is 0 Å². The van der Waals surface area contributed by atoms with Gasteiger partial charge in [-0.1, -0.05) is 36.4 Å². The van der Waals surface area contributed by atoms with Gasteiger partial charge in [0.15, 0.2) is 0 Å². The number of imidazole rings is 1. The molecule has 5 nitrogen and oxygen atoms in total. The van der Waals surface area contributed by atoms with Crippen molar-refractivity contribution in [3.63, 3.8) is 0 Å². The molecule has 0 aliphatic rings. The second kappa shape index (κ2) is 8.49. The number of methoxy groups -OCH3 is 1. The van der Waals surface area contributed by atoms with Gasteiger partial charge < -0.3 is 14.6 Å². The molecule has 3 rings (SSSR count). The average Bonchev–Trinajstić information content (AvgIpc) is 3.11. The first-order valence-electron chi connectivity index (χ1n) is 8.73. The molecule has 0 saturated carbocycles. The molecular formula is C21H22FN3O2. The van der Waals surface area contributed by atoms with Crippen LogP contribution in [0.2, 0.25) is 0 Å². The number of carbonyl (C=O) groups excluding carboxylic acids is 1. The normalized spacial score (nSPS) is 11.8. The minimum absolute atomic E-state index is 0.178. The predicted octanol–water partition coefficient (Wildman–Crippen LogP) is 3.41. The molecule has 27 heavy (non-hydrogen) atoms. The van der Waals surface area contributed by atoms with E-state index in [2.05, 4.69) is 10.3 Å². The highest BCUT2D eigenvalue weighted by Gasteiger charge is 2.23. The molecule has 0 aliphatic heterocycles. The number of carbonyl (C=O) groups is 1. The first-order chi connectivity index (χ1) is 13.1. The predicted molar refractivity (Wildman–Crippen MR) is 101 cm³/mol. The number of aryl methyl sites for hydroxylation is 2. The van der Waals surface area contributed by atoms with Gasteiger partial charge in [-0.25, -0.2) is 9.37 Å². The SMILES string of the molecule is COc1ccccc1C(NC(=O)CCc1ccccc1F)c1nccn1C. The van der Waals surface area contributed by atoms with Crippen LogP contribution < -0.4 is 10.1 Å². The fraction of sp³-hybridized carbons (Fsp3) is 0.238. The number of para-hydroxylation sites is 1. The van der Waals surface area contributed by atoms with Gasteiger partial charge in [-0.05, 0) is 24.1 Å². The number of hydrogen-bond donors (Lipinski definition) is 1. The Morgan fingerprint density at radius 1 is 1.22 bits per heavy atom. The maximum Gasteiger partial charge on any atom is 0.221 e. The van der Waals surface area contributed by atoms with Crippen LogP contribution in [-0.4, -0.2) is 22.6 Å². The maximum atomic E-state index is 13.8. The van der Waals surface area contributed by atoms with Crippen molar-refractivity contribution in [3.8, 4) is 5.75 Å². The molecule has 0 bridgehead atoms. The average molecular weight is 367 g/mol. The highest BCUT2D eigenvalue weighted by molar-refractivity contribution is 5.77. The van der Waals surface area contributed by atoms with Crippen LogP contribution in [0.25, 0.3) is 0 Å². The van der Waals surface area contributed by atoms with Gasteiger partial charge in [0.05, 0.1) is 7.11 Å². The lowest BCUT2D eigenvalue weighted by Gasteiger charge is -2.21. The number of rotatable bonds is 7. The molecule has 1 N–H and O–H groups in total. The number of halogens is 1. The summed E-state index contributed by atoms with van der Waals surface area (Å²) in [6.45, 7) is 0. The lowest BCUT2D eigenvalue weighted by atomic mass is 10.0. The van der Waals surface area contributed by atoms with Crippen molar-refractivity contribution >= 4 is 5.91 Å². The Morgan fingerprint density at radius 2 is 1.96 bits per heavy atom. The van der Waals surface area contributed by atoms with Crippen LogP contribution in [0.15, 0.2) is 60.9 Å². The Bertz CT molecular complexity index is 923. The summed E-state index contributed by atoms with van der Waals surface area (Å²) in [5, 5.41) is 3.02. The number of amides is 1. The van der Waals surface area contributed by atoms with Gasteiger partial charge in [0.1, 0.15) is 23.4 Å². The molecule has 1 atom stereocenters. The summed E-state index contributed by atoms with van der Waals surface area (Å²) in [5.41, 5.74) is 1.34. The molecule has 1 heterocycles. The Balaban J connectivity index is 1.81. The molecule has 1 aromatic heterocycles. The molecule has 0 radical (unpaired) electrons. The summed E-state index contributed by atoms with van der Waals surface area (Å²) in [6, 6.07) is 13.5. The minimum atomic E-state index is -0.464. The van der Waals surface area contributed by atoms with E-state index in [1.54, 1.807) is 31.5 Å². The Labute approximate surface area is 157 Å². The maximum absolute atomic E-state index is 13.8. The largest absolute Gasteiger partial charge is 0.496 e. The molecule has 6 heteroatoms. The fourth-order valence-electron chi connectivity index (χ4n) is 3.02. The monoisotopic (exact) mass is 367 g/mol. The van der Waals surface area contributed by atoms with Crippen LogP contribution in [0.1, 0.15) is 29.4 Å². The lowest BCUT2D eigenvalue weighted by Crippen LogP contribution is -2.31. The zero-order valence-corrected chi connectivity index (χ0v) is 15.4. The van der Waals surface area contributed by atoms with Crippen molar-refractivity contribution in [2.75, 3.05) is 7.11 Å². The smallest absolute Gasteiger partial charge is 0.221 e. The number of ether oxygens (including phenoxy) is 1. The zero-order valence-electron chi connectivity index (χ0n) is 15.4. The van der Waals surface area contributed by atoms with Crippen molar-refractivity contribution in [1.29, 1.82) is 0 Å². The van der Waals surface area contributed by atoms with E-state index in [1.807, 2.05) is 42.1 Å². The van der Waals surface area contributed by atoms with Crippen molar-refractivity contribution < 1.29 is 13.9 Å². The van der Waals surface area contributed by atoms with E-state index < -0.39 is 6.04 Å². The lowest BCUT2D eigenvalue weighted by molar-refractivity contribution is -0.121. The molecular weight excluding hydrogens is 345 g/mol. The Morgan fingerprint density at radius 3 is 2.67 bits per heavy atom. The summed E-state index contributed by atoms with van der Waals surface area (Å²) in [5.74, 6) is 0.881. The summed E-state index contributed by atoms with van der Waals surface area (Å²) in [4.78, 5) is 17.0. The van der Waals surface area contributed by atoms with Crippen LogP contribution in [0, 0.1) is 5.82 Å². The van der Waals surface area contributed by atoms with E-state index >= 15 is 0 Å². The van der Waals surface area contributed by atoms with Crippen molar-refractivity contribution in [3.05, 3.63) is 83.7 Å². The Hall–Kier alpha value is -3.15. The highest BCUT2D eigenvalue weighted by Crippen LogP contribution is 2.29. The van der Waals surface area contributed by atoms with Crippen molar-refractivity contribution in [1.82, 2.24) is 14.9 Å². The fourth-order valence-corrected chi connectivity index (χ4v) is 3.02. The standard InChI is InChI=1S/C21H22FN3O2/c1-25-14-13-23-21(25)20(16-8-4-6-10-18(16)27-2)24-19(26)12-11-15-7-3-5-9-17(15)22/h3-10,13-14,20H,11-12H2,1-2H3,(H,24,26). The number of aromatic nitrogens is 2. The first-order valence-corrected chi connectivity index (χ1v) is 8.73. The molecule has 0 fully saturated rings. The topological polar surface area (TPSA) is 56.1 Å². The second-order valence-electron chi connectivity index (χ2n) is 6.23. The van der Waals surface area contributed by atoms with Crippen molar-refractivity contribution in [2.45, 2.75) is 18.9 Å². The molecule has 0 saturated heterocycles. The summed E-state index contributed by atoms with van der Waals surface area (Å²) in [7, 11) is 3.46. The van der Waals surface area contributed by atoms with Crippen LogP contribution in [0.5, 0.6) is 5.75 Å². The summed E-state index contributed by atoms with van der Waals surface area (Å²) >= 11 is 0. The van der Waals surface area contributed by atoms with Gasteiger partial charge in [-0.3, -0.25) is 4.79 Å².